The molecule has 0 aliphatic heterocycles. The fraction of sp³-hybridized carbons (Fsp3) is 0. The number of nitrogens with zero attached hydrogens (tertiary/aromatic N) is 3. The highest BCUT2D eigenvalue weighted by Gasteiger charge is 2.09. The molecule has 2 heterocycles. The second-order valence-corrected chi connectivity index (χ2v) is 3.64. The summed E-state index contributed by atoms with van der Waals surface area (Å²) in [4.78, 5) is 3.98. The summed E-state index contributed by atoms with van der Waals surface area (Å²) in [5.74, 6) is 0.179. The van der Waals surface area contributed by atoms with Gasteiger partial charge in [0.2, 0.25) is 17.5 Å². The van der Waals surface area contributed by atoms with Crippen LogP contribution in [0.4, 0.5) is 0 Å². The molecule has 17 heavy (non-hydrogen) atoms. The van der Waals surface area contributed by atoms with E-state index in [2.05, 4.69) is 10.1 Å². The summed E-state index contributed by atoms with van der Waals surface area (Å²) in [6.07, 6.45) is 1.74. The van der Waals surface area contributed by atoms with E-state index < -0.39 is 0 Å². The van der Waals surface area contributed by atoms with Gasteiger partial charge in [-0.25, -0.2) is 4.98 Å². The Morgan fingerprint density at radius 1 is 0.941 bits per heavy atom. The third kappa shape index (κ3) is 1.69. The molecule has 0 aliphatic carbocycles. The van der Waals surface area contributed by atoms with E-state index in [-0.39, 0.29) is 5.88 Å². The van der Waals surface area contributed by atoms with Gasteiger partial charge in [0, 0.05) is 22.8 Å². The summed E-state index contributed by atoms with van der Waals surface area (Å²) in [6, 6.07) is 14.8. The summed E-state index contributed by atoms with van der Waals surface area (Å²) in [6.45, 7) is 0. The monoisotopic (exact) mass is 223 g/mol. The molecule has 2 aromatic heterocycles. The molecule has 0 fully saturated rings. The Bertz CT molecular complexity index is 668. The lowest BCUT2D eigenvalue weighted by atomic mass is 10.2. The van der Waals surface area contributed by atoms with Crippen molar-refractivity contribution >= 4 is 5.52 Å². The maximum Gasteiger partial charge on any atom is 0.248 e. The van der Waals surface area contributed by atoms with Crippen molar-refractivity contribution in [2.45, 2.75) is 0 Å². The molecule has 3 rings (SSSR count). The van der Waals surface area contributed by atoms with E-state index in [4.69, 9.17) is 0 Å². The highest BCUT2D eigenvalue weighted by molar-refractivity contribution is 5.57. The molecule has 0 unspecified atom stereocenters. The molecule has 1 aromatic carbocycles. The van der Waals surface area contributed by atoms with Crippen LogP contribution in [-0.2, 0) is 0 Å². The maximum absolute atomic E-state index is 11.8. The first-order valence-electron chi connectivity index (χ1n) is 5.26. The van der Waals surface area contributed by atoms with Gasteiger partial charge in [0.25, 0.3) is 0 Å². The predicted octanol–water partition coefficient (Wildman–Crippen LogP) is 0.956. The molecule has 0 radical (unpaired) electrons. The van der Waals surface area contributed by atoms with Crippen molar-refractivity contribution in [2.75, 3.05) is 0 Å². The molecule has 0 amide bonds. The Kier molecular flexibility index (Phi) is 2.19. The van der Waals surface area contributed by atoms with Crippen molar-refractivity contribution in [3.63, 3.8) is 0 Å². The lowest BCUT2D eigenvalue weighted by molar-refractivity contribution is -0.583. The molecular weight excluding hydrogens is 214 g/mol. The predicted molar refractivity (Wildman–Crippen MR) is 60.1 cm³/mol. The number of hydrogen-bond donors (Lipinski definition) is 0. The van der Waals surface area contributed by atoms with E-state index in [1.807, 2.05) is 36.4 Å². The van der Waals surface area contributed by atoms with Gasteiger partial charge in [0.1, 0.15) is 0 Å². The standard InChI is InChI=1S/C13H9N3O/c17-13-11-8-4-5-9-16(11)15-12(14-13)10-6-2-1-3-7-10/h1-9H. The first kappa shape index (κ1) is 9.72. The second-order valence-electron chi connectivity index (χ2n) is 3.64. The largest absolute Gasteiger partial charge is 0.854 e. The van der Waals surface area contributed by atoms with Gasteiger partial charge >= 0.3 is 0 Å². The van der Waals surface area contributed by atoms with E-state index in [0.29, 0.717) is 11.3 Å². The Balaban J connectivity index is 2.26. The van der Waals surface area contributed by atoms with Gasteiger partial charge in [-0.3, -0.25) is 0 Å². The highest BCUT2D eigenvalue weighted by atomic mass is 16.3. The van der Waals surface area contributed by atoms with Crippen molar-refractivity contribution in [2.24, 2.45) is 0 Å². The molecule has 0 aliphatic rings. The number of aromatic nitrogens is 3. The number of hydrogen-bond acceptors (Lipinski definition) is 3. The number of fused-ring (bicyclic) bond motifs is 1. The van der Waals surface area contributed by atoms with Crippen LogP contribution >= 0.6 is 0 Å². The van der Waals surface area contributed by atoms with Gasteiger partial charge in [-0.1, -0.05) is 30.3 Å². The molecule has 0 saturated carbocycles. The van der Waals surface area contributed by atoms with Crippen LogP contribution in [0.1, 0.15) is 0 Å². The topological polar surface area (TPSA) is 52.9 Å². The van der Waals surface area contributed by atoms with E-state index in [1.165, 1.54) is 0 Å². The quantitative estimate of drug-likeness (QED) is 0.577. The van der Waals surface area contributed by atoms with Gasteiger partial charge in [0.05, 0.1) is 5.88 Å². The fourth-order valence-corrected chi connectivity index (χ4v) is 1.68. The molecule has 4 nitrogen and oxygen atoms in total. The van der Waals surface area contributed by atoms with E-state index in [9.17, 15) is 5.11 Å². The third-order valence-corrected chi connectivity index (χ3v) is 2.50. The van der Waals surface area contributed by atoms with Crippen LogP contribution in [0.3, 0.4) is 0 Å². The first-order chi connectivity index (χ1) is 8.34. The maximum atomic E-state index is 11.8. The highest BCUT2D eigenvalue weighted by Crippen LogP contribution is 2.15. The molecular formula is C13H9N3O. The second kappa shape index (κ2) is 3.83. The Morgan fingerprint density at radius 3 is 2.53 bits per heavy atom. The van der Waals surface area contributed by atoms with Crippen LogP contribution in [0.15, 0.2) is 54.7 Å². The minimum atomic E-state index is -0.264. The van der Waals surface area contributed by atoms with Crippen molar-refractivity contribution in [1.29, 1.82) is 0 Å². The molecule has 0 atom stereocenters. The molecule has 3 aromatic rings. The summed E-state index contributed by atoms with van der Waals surface area (Å²) < 4.78 is 1.55. The molecule has 0 N–H and O–H groups in total. The smallest absolute Gasteiger partial charge is 0.248 e. The fourth-order valence-electron chi connectivity index (χ4n) is 1.68. The minimum Gasteiger partial charge on any atom is -0.854 e. The Morgan fingerprint density at radius 2 is 1.71 bits per heavy atom. The molecule has 0 bridgehead atoms. The van der Waals surface area contributed by atoms with Gasteiger partial charge in [-0.2, -0.15) is 0 Å². The van der Waals surface area contributed by atoms with Gasteiger partial charge in [0.15, 0.2) is 0 Å². The Labute approximate surface area is 97.8 Å². The zero-order valence-corrected chi connectivity index (χ0v) is 8.95. The van der Waals surface area contributed by atoms with Crippen molar-refractivity contribution in [1.82, 2.24) is 10.1 Å². The van der Waals surface area contributed by atoms with Gasteiger partial charge < -0.3 is 5.11 Å². The van der Waals surface area contributed by atoms with Crippen molar-refractivity contribution < 1.29 is 9.62 Å². The van der Waals surface area contributed by atoms with E-state index in [1.54, 1.807) is 22.8 Å². The van der Waals surface area contributed by atoms with Crippen LogP contribution < -0.4 is 9.62 Å². The summed E-state index contributed by atoms with van der Waals surface area (Å²) in [5.41, 5.74) is 1.31. The van der Waals surface area contributed by atoms with E-state index in [0.717, 1.165) is 5.56 Å². The summed E-state index contributed by atoms with van der Waals surface area (Å²) in [7, 11) is 0. The van der Waals surface area contributed by atoms with E-state index >= 15 is 0 Å². The van der Waals surface area contributed by atoms with Crippen LogP contribution in [0, 0.1) is 0 Å². The zero-order valence-electron chi connectivity index (χ0n) is 8.95. The summed E-state index contributed by atoms with van der Waals surface area (Å²) >= 11 is 0. The number of rotatable bonds is 1. The van der Waals surface area contributed by atoms with Crippen LogP contribution in [-0.4, -0.2) is 10.1 Å². The van der Waals surface area contributed by atoms with Gasteiger partial charge in [-0.05, 0) is 10.6 Å². The SMILES string of the molecule is [O-]c1nc(-c2ccccc2)n[n+]2ccccc12. The van der Waals surface area contributed by atoms with Crippen LogP contribution in [0.2, 0.25) is 0 Å². The first-order valence-corrected chi connectivity index (χ1v) is 5.26. The van der Waals surface area contributed by atoms with Crippen molar-refractivity contribution in [3.8, 4) is 17.3 Å². The zero-order chi connectivity index (χ0) is 11.7. The van der Waals surface area contributed by atoms with Crippen LogP contribution in [0.25, 0.3) is 16.9 Å². The molecule has 0 spiro atoms. The average molecular weight is 223 g/mol. The summed E-state index contributed by atoms with van der Waals surface area (Å²) in [5, 5.41) is 16.1. The number of pyridine rings is 1. The minimum absolute atomic E-state index is 0.264. The van der Waals surface area contributed by atoms with Crippen molar-refractivity contribution in [3.05, 3.63) is 54.7 Å². The average Bonchev–Trinajstić information content (AvgIpc) is 2.40. The van der Waals surface area contributed by atoms with Crippen LogP contribution in [0.5, 0.6) is 5.88 Å². The molecule has 4 heteroatoms. The lowest BCUT2D eigenvalue weighted by Crippen LogP contribution is -2.28. The number of benzene rings is 1. The molecule has 82 valence electrons. The normalized spacial score (nSPS) is 10.6. The van der Waals surface area contributed by atoms with Gasteiger partial charge in [-0.15, -0.1) is 0 Å². The Hall–Kier alpha value is -2.49. The lowest BCUT2D eigenvalue weighted by Gasteiger charge is -2.04. The third-order valence-electron chi connectivity index (χ3n) is 2.50. The molecule has 0 saturated heterocycles.